The summed E-state index contributed by atoms with van der Waals surface area (Å²) in [6.07, 6.45) is 1.21. The van der Waals surface area contributed by atoms with Gasteiger partial charge in [-0.2, -0.15) is 0 Å². The lowest BCUT2D eigenvalue weighted by Crippen LogP contribution is -2.43. The molecule has 1 aromatic rings. The minimum absolute atomic E-state index is 0.208. The highest BCUT2D eigenvalue weighted by atomic mass is 79.9. The van der Waals surface area contributed by atoms with Gasteiger partial charge >= 0.3 is 11.9 Å². The molecule has 0 amide bonds. The molecule has 0 unspecified atom stereocenters. The number of halogens is 1. The quantitative estimate of drug-likeness (QED) is 0.511. The van der Waals surface area contributed by atoms with Gasteiger partial charge in [-0.1, -0.05) is 41.9 Å². The van der Waals surface area contributed by atoms with Crippen LogP contribution in [-0.2, 0) is 23.9 Å². The lowest BCUT2D eigenvalue weighted by atomic mass is 9.69. The van der Waals surface area contributed by atoms with Gasteiger partial charge in [0.1, 0.15) is 5.92 Å². The van der Waals surface area contributed by atoms with Crippen LogP contribution in [-0.4, -0.2) is 31.4 Å². The van der Waals surface area contributed by atoms with Gasteiger partial charge in [0.2, 0.25) is 0 Å². The highest BCUT2D eigenvalue weighted by Crippen LogP contribution is 2.45. The van der Waals surface area contributed by atoms with Crippen molar-refractivity contribution in [2.45, 2.75) is 39.5 Å². The van der Waals surface area contributed by atoms with E-state index in [0.29, 0.717) is 36.3 Å². The van der Waals surface area contributed by atoms with Crippen LogP contribution in [0.2, 0.25) is 0 Å². The number of nitrogens with one attached hydrogen (secondary N) is 1. The molecule has 2 aliphatic rings. The van der Waals surface area contributed by atoms with Gasteiger partial charge in [-0.05, 0) is 43.4 Å². The highest BCUT2D eigenvalue weighted by molar-refractivity contribution is 9.10. The SMILES string of the molecule is CCCOC(=O)C1=C(C)NC2=C(C(=O)[C@H](C(=O)OC)[C@H](C)C2)[C@@H]1c1cccc(Br)c1. The van der Waals surface area contributed by atoms with Crippen molar-refractivity contribution in [3.8, 4) is 0 Å². The van der Waals surface area contributed by atoms with Crippen molar-refractivity contribution in [3.63, 3.8) is 0 Å². The molecule has 0 saturated heterocycles. The molecular weight excluding hydrogens is 450 g/mol. The van der Waals surface area contributed by atoms with E-state index in [4.69, 9.17) is 9.47 Å². The molecule has 0 radical (unpaired) electrons. The van der Waals surface area contributed by atoms with Gasteiger partial charge in [0.25, 0.3) is 0 Å². The monoisotopic (exact) mass is 475 g/mol. The summed E-state index contributed by atoms with van der Waals surface area (Å²) in [5.74, 6) is -3.03. The van der Waals surface area contributed by atoms with Gasteiger partial charge in [-0.15, -0.1) is 0 Å². The van der Waals surface area contributed by atoms with Crippen molar-refractivity contribution < 1.29 is 23.9 Å². The Labute approximate surface area is 184 Å². The Morgan fingerprint density at radius 2 is 2.03 bits per heavy atom. The first-order chi connectivity index (χ1) is 14.3. The zero-order valence-electron chi connectivity index (χ0n) is 17.6. The molecule has 160 valence electrons. The number of esters is 2. The van der Waals surface area contributed by atoms with Gasteiger partial charge in [0, 0.05) is 27.4 Å². The minimum Gasteiger partial charge on any atom is -0.468 e. The normalized spacial score (nSPS) is 23.6. The maximum absolute atomic E-state index is 13.5. The lowest BCUT2D eigenvalue weighted by molar-refractivity contribution is -0.151. The third-order valence-corrected chi connectivity index (χ3v) is 6.08. The first kappa shape index (κ1) is 22.3. The Kier molecular flexibility index (Phi) is 6.81. The van der Waals surface area contributed by atoms with E-state index in [1.54, 1.807) is 0 Å². The zero-order valence-corrected chi connectivity index (χ0v) is 19.2. The fraction of sp³-hybridized carbons (Fsp3) is 0.435. The number of Topliss-reactive ketones (excluding diaryl/α,β-unsaturated/α-hetero) is 1. The minimum atomic E-state index is -0.892. The van der Waals surface area contributed by atoms with E-state index in [9.17, 15) is 14.4 Å². The number of dihydropyridines is 1. The second kappa shape index (κ2) is 9.16. The molecule has 1 aromatic carbocycles. The third kappa shape index (κ3) is 4.08. The lowest BCUT2D eigenvalue weighted by Gasteiger charge is -2.38. The van der Waals surface area contributed by atoms with Gasteiger partial charge < -0.3 is 14.8 Å². The van der Waals surface area contributed by atoms with Crippen LogP contribution in [0.15, 0.2) is 51.3 Å². The number of benzene rings is 1. The zero-order chi connectivity index (χ0) is 22.0. The van der Waals surface area contributed by atoms with Crippen molar-refractivity contribution in [2.75, 3.05) is 13.7 Å². The molecule has 7 heteroatoms. The summed E-state index contributed by atoms with van der Waals surface area (Å²) in [6.45, 7) is 5.90. The maximum Gasteiger partial charge on any atom is 0.336 e. The molecule has 1 aliphatic heterocycles. The van der Waals surface area contributed by atoms with E-state index < -0.39 is 23.8 Å². The number of hydrogen-bond donors (Lipinski definition) is 1. The molecule has 1 heterocycles. The van der Waals surface area contributed by atoms with Crippen LogP contribution in [0.4, 0.5) is 0 Å². The average molecular weight is 476 g/mol. The van der Waals surface area contributed by atoms with E-state index in [-0.39, 0.29) is 11.7 Å². The van der Waals surface area contributed by atoms with Crippen LogP contribution in [0.25, 0.3) is 0 Å². The molecule has 0 saturated carbocycles. The van der Waals surface area contributed by atoms with E-state index in [1.807, 2.05) is 45.0 Å². The molecular formula is C23H26BrNO5. The Balaban J connectivity index is 2.16. The number of ether oxygens (including phenoxy) is 2. The summed E-state index contributed by atoms with van der Waals surface area (Å²) >= 11 is 3.48. The van der Waals surface area contributed by atoms with Crippen LogP contribution < -0.4 is 5.32 Å². The summed E-state index contributed by atoms with van der Waals surface area (Å²) in [5.41, 5.74) is 3.04. The maximum atomic E-state index is 13.5. The second-order valence-electron chi connectivity index (χ2n) is 7.73. The predicted molar refractivity (Wildman–Crippen MR) is 115 cm³/mol. The van der Waals surface area contributed by atoms with Crippen LogP contribution in [0, 0.1) is 11.8 Å². The van der Waals surface area contributed by atoms with E-state index in [1.165, 1.54) is 7.11 Å². The topological polar surface area (TPSA) is 81.7 Å². The highest BCUT2D eigenvalue weighted by Gasteiger charge is 2.47. The number of ketones is 1. The van der Waals surface area contributed by atoms with Crippen molar-refractivity contribution in [1.29, 1.82) is 0 Å². The Bertz CT molecular complexity index is 949. The van der Waals surface area contributed by atoms with E-state index in [0.717, 1.165) is 15.7 Å². The van der Waals surface area contributed by atoms with Gasteiger partial charge in [0.05, 0.1) is 19.3 Å². The molecule has 3 atom stereocenters. The summed E-state index contributed by atoms with van der Waals surface area (Å²) < 4.78 is 11.2. The third-order valence-electron chi connectivity index (χ3n) is 5.58. The summed E-state index contributed by atoms with van der Waals surface area (Å²) in [4.78, 5) is 38.9. The molecule has 1 aliphatic carbocycles. The fourth-order valence-electron chi connectivity index (χ4n) is 4.24. The first-order valence-corrected chi connectivity index (χ1v) is 10.8. The van der Waals surface area contributed by atoms with Crippen molar-refractivity contribution in [3.05, 3.63) is 56.8 Å². The van der Waals surface area contributed by atoms with Crippen LogP contribution >= 0.6 is 15.9 Å². The molecule has 30 heavy (non-hydrogen) atoms. The Hall–Kier alpha value is -2.41. The number of carbonyl (C=O) groups is 3. The largest absolute Gasteiger partial charge is 0.468 e. The second-order valence-corrected chi connectivity index (χ2v) is 8.64. The van der Waals surface area contributed by atoms with Gasteiger partial charge in [-0.3, -0.25) is 9.59 Å². The predicted octanol–water partition coefficient (Wildman–Crippen LogP) is 4.02. The van der Waals surface area contributed by atoms with Crippen molar-refractivity contribution >= 4 is 33.7 Å². The number of hydrogen-bond acceptors (Lipinski definition) is 6. The number of rotatable bonds is 5. The van der Waals surface area contributed by atoms with Gasteiger partial charge in [0.15, 0.2) is 5.78 Å². The summed E-state index contributed by atoms with van der Waals surface area (Å²) in [7, 11) is 1.29. The van der Waals surface area contributed by atoms with Crippen LogP contribution in [0.1, 0.15) is 45.1 Å². The van der Waals surface area contributed by atoms with Crippen LogP contribution in [0.3, 0.4) is 0 Å². The summed E-state index contributed by atoms with van der Waals surface area (Å²) in [5, 5.41) is 3.25. The molecule has 6 nitrogen and oxygen atoms in total. The first-order valence-electron chi connectivity index (χ1n) is 10.1. The fourth-order valence-corrected chi connectivity index (χ4v) is 4.66. The van der Waals surface area contributed by atoms with Gasteiger partial charge in [-0.25, -0.2) is 4.79 Å². The van der Waals surface area contributed by atoms with E-state index in [2.05, 4.69) is 21.2 Å². The Morgan fingerprint density at radius 3 is 2.67 bits per heavy atom. The van der Waals surface area contributed by atoms with E-state index >= 15 is 0 Å². The number of carbonyl (C=O) groups excluding carboxylic acids is 3. The average Bonchev–Trinajstić information content (AvgIpc) is 2.70. The Morgan fingerprint density at radius 1 is 1.30 bits per heavy atom. The molecule has 3 rings (SSSR count). The standard InChI is InChI=1S/C23H26BrNO5/c1-5-9-30-23(28)18-13(3)25-16-10-12(2)17(22(27)29-4)21(26)20(16)19(18)14-7-6-8-15(24)11-14/h6-8,11-12,17,19,25H,5,9-10H2,1-4H3/t12-,17-,19-/m1/s1. The molecule has 0 aromatic heterocycles. The van der Waals surface area contributed by atoms with Crippen LogP contribution in [0.5, 0.6) is 0 Å². The molecule has 1 N–H and O–H groups in total. The molecule has 0 spiro atoms. The number of methoxy groups -OCH3 is 1. The molecule has 0 fully saturated rings. The molecule has 0 bridgehead atoms. The van der Waals surface area contributed by atoms with Crippen molar-refractivity contribution in [2.24, 2.45) is 11.8 Å². The number of allylic oxidation sites excluding steroid dienone is 3. The van der Waals surface area contributed by atoms with Crippen molar-refractivity contribution in [1.82, 2.24) is 5.32 Å². The smallest absolute Gasteiger partial charge is 0.336 e. The summed E-state index contributed by atoms with van der Waals surface area (Å²) in [6, 6.07) is 7.51.